The molecule has 4 nitrogen and oxygen atoms in total. The van der Waals surface area contributed by atoms with E-state index in [2.05, 4.69) is 0 Å². The third-order valence-electron chi connectivity index (χ3n) is 2.85. The highest BCUT2D eigenvalue weighted by Gasteiger charge is 2.27. The fraction of sp³-hybridized carbons (Fsp3) is 0.462. The van der Waals surface area contributed by atoms with Crippen molar-refractivity contribution < 1.29 is 23.8 Å². The molecule has 0 saturated carbocycles. The van der Waals surface area contributed by atoms with E-state index < -0.39 is 11.6 Å². The van der Waals surface area contributed by atoms with Gasteiger partial charge in [-0.25, -0.2) is 4.39 Å². The first-order chi connectivity index (χ1) is 8.38. The SMILES string of the molecule is CC(C)(F)c1cc2c(cc1CCC(=O)O)OCO2. The predicted molar refractivity (Wildman–Crippen MR) is 62.7 cm³/mol. The largest absolute Gasteiger partial charge is 0.481 e. The van der Waals surface area contributed by atoms with Gasteiger partial charge in [0.25, 0.3) is 0 Å². The first-order valence-electron chi connectivity index (χ1n) is 5.71. The molecule has 1 N–H and O–H groups in total. The zero-order valence-electron chi connectivity index (χ0n) is 10.3. The second-order valence-electron chi connectivity index (χ2n) is 4.73. The number of carboxylic acids is 1. The summed E-state index contributed by atoms with van der Waals surface area (Å²) in [7, 11) is 0. The first-order valence-corrected chi connectivity index (χ1v) is 5.71. The second-order valence-corrected chi connectivity index (χ2v) is 4.73. The molecule has 0 aliphatic carbocycles. The van der Waals surface area contributed by atoms with E-state index in [0.29, 0.717) is 22.6 Å². The Morgan fingerprint density at radius 2 is 2.00 bits per heavy atom. The Bertz CT molecular complexity index is 477. The van der Waals surface area contributed by atoms with Crippen LogP contribution in [0.1, 0.15) is 31.4 Å². The number of alkyl halides is 1. The van der Waals surface area contributed by atoms with E-state index in [-0.39, 0.29) is 19.6 Å². The summed E-state index contributed by atoms with van der Waals surface area (Å²) in [5, 5.41) is 8.71. The average Bonchev–Trinajstić information content (AvgIpc) is 2.70. The van der Waals surface area contributed by atoms with E-state index in [0.717, 1.165) is 0 Å². The number of rotatable bonds is 4. The Hall–Kier alpha value is -1.78. The fourth-order valence-electron chi connectivity index (χ4n) is 1.99. The smallest absolute Gasteiger partial charge is 0.303 e. The molecule has 1 aromatic rings. The first kappa shape index (κ1) is 12.7. The molecule has 1 aliphatic heterocycles. The van der Waals surface area contributed by atoms with Crippen molar-refractivity contribution in [3.63, 3.8) is 0 Å². The molecule has 0 fully saturated rings. The van der Waals surface area contributed by atoms with Gasteiger partial charge < -0.3 is 14.6 Å². The molecule has 0 spiro atoms. The van der Waals surface area contributed by atoms with Crippen molar-refractivity contribution in [2.45, 2.75) is 32.4 Å². The average molecular weight is 254 g/mol. The number of carboxylic acid groups (broad SMARTS) is 1. The van der Waals surface area contributed by atoms with Gasteiger partial charge in [-0.2, -0.15) is 0 Å². The highest BCUT2D eigenvalue weighted by Crippen LogP contribution is 2.40. The summed E-state index contributed by atoms with van der Waals surface area (Å²) < 4.78 is 24.6. The number of ether oxygens (including phenoxy) is 2. The lowest BCUT2D eigenvalue weighted by Crippen LogP contribution is -2.13. The van der Waals surface area contributed by atoms with Gasteiger partial charge in [0, 0.05) is 6.42 Å². The molecule has 0 saturated heterocycles. The zero-order valence-corrected chi connectivity index (χ0v) is 10.3. The number of fused-ring (bicyclic) bond motifs is 1. The van der Waals surface area contributed by atoms with Crippen LogP contribution < -0.4 is 9.47 Å². The molecule has 1 aromatic carbocycles. The van der Waals surface area contributed by atoms with Crippen LogP contribution in [0.2, 0.25) is 0 Å². The van der Waals surface area contributed by atoms with Gasteiger partial charge in [0.2, 0.25) is 6.79 Å². The van der Waals surface area contributed by atoms with E-state index in [1.807, 2.05) is 0 Å². The molecule has 98 valence electrons. The van der Waals surface area contributed by atoms with Crippen molar-refractivity contribution in [1.82, 2.24) is 0 Å². The lowest BCUT2D eigenvalue weighted by molar-refractivity contribution is -0.136. The van der Waals surface area contributed by atoms with Gasteiger partial charge in [0.15, 0.2) is 11.5 Å². The number of hydrogen-bond acceptors (Lipinski definition) is 3. The number of carbonyl (C=O) groups is 1. The Morgan fingerprint density at radius 3 is 2.56 bits per heavy atom. The van der Waals surface area contributed by atoms with E-state index in [4.69, 9.17) is 14.6 Å². The number of hydrogen-bond donors (Lipinski definition) is 1. The third kappa shape index (κ3) is 2.55. The van der Waals surface area contributed by atoms with Gasteiger partial charge in [-0.15, -0.1) is 0 Å². The summed E-state index contributed by atoms with van der Waals surface area (Å²) in [4.78, 5) is 10.6. The van der Waals surface area contributed by atoms with Gasteiger partial charge in [0.05, 0.1) is 0 Å². The van der Waals surface area contributed by atoms with Crippen LogP contribution in [-0.4, -0.2) is 17.9 Å². The molecule has 0 atom stereocenters. The minimum Gasteiger partial charge on any atom is -0.481 e. The summed E-state index contributed by atoms with van der Waals surface area (Å²) in [5.74, 6) is 0.147. The van der Waals surface area contributed by atoms with Crippen molar-refractivity contribution in [2.75, 3.05) is 6.79 Å². The van der Waals surface area contributed by atoms with Crippen molar-refractivity contribution in [2.24, 2.45) is 0 Å². The maximum atomic E-state index is 14.1. The topological polar surface area (TPSA) is 55.8 Å². The van der Waals surface area contributed by atoms with Crippen LogP contribution >= 0.6 is 0 Å². The molecule has 0 amide bonds. The van der Waals surface area contributed by atoms with Crippen molar-refractivity contribution >= 4 is 5.97 Å². The normalized spacial score (nSPS) is 13.7. The molecule has 0 unspecified atom stereocenters. The van der Waals surface area contributed by atoms with Crippen molar-refractivity contribution in [3.8, 4) is 11.5 Å². The predicted octanol–water partition coefficient (Wildman–Crippen LogP) is 2.64. The lowest BCUT2D eigenvalue weighted by Gasteiger charge is -2.19. The van der Waals surface area contributed by atoms with Crippen molar-refractivity contribution in [3.05, 3.63) is 23.3 Å². The summed E-state index contributed by atoms with van der Waals surface area (Å²) in [6, 6.07) is 3.27. The Kier molecular flexibility index (Phi) is 3.15. The van der Waals surface area contributed by atoms with E-state index in [1.165, 1.54) is 13.8 Å². The lowest BCUT2D eigenvalue weighted by atomic mass is 9.91. The van der Waals surface area contributed by atoms with Crippen LogP contribution in [0.25, 0.3) is 0 Å². The summed E-state index contributed by atoms with van der Waals surface area (Å²) >= 11 is 0. The van der Waals surface area contributed by atoms with Gasteiger partial charge in [-0.05, 0) is 43.5 Å². The number of benzene rings is 1. The van der Waals surface area contributed by atoms with E-state index >= 15 is 0 Å². The highest BCUT2D eigenvalue weighted by atomic mass is 19.1. The molecule has 5 heteroatoms. The molecule has 0 radical (unpaired) electrons. The molecule has 1 heterocycles. The van der Waals surface area contributed by atoms with Crippen LogP contribution in [0.3, 0.4) is 0 Å². The quantitative estimate of drug-likeness (QED) is 0.897. The second kappa shape index (κ2) is 4.48. The van der Waals surface area contributed by atoms with E-state index in [9.17, 15) is 9.18 Å². The molecule has 0 bridgehead atoms. The Balaban J connectivity index is 2.38. The maximum absolute atomic E-state index is 14.1. The summed E-state index contributed by atoms with van der Waals surface area (Å²) in [6.07, 6.45) is 0.234. The maximum Gasteiger partial charge on any atom is 0.303 e. The van der Waals surface area contributed by atoms with Crippen LogP contribution in [0.4, 0.5) is 4.39 Å². The third-order valence-corrected chi connectivity index (χ3v) is 2.85. The molecular formula is C13H15FO4. The molecular weight excluding hydrogens is 239 g/mol. The number of halogens is 1. The van der Waals surface area contributed by atoms with Crippen molar-refractivity contribution in [1.29, 1.82) is 0 Å². The van der Waals surface area contributed by atoms with Gasteiger partial charge in [-0.1, -0.05) is 0 Å². The Labute approximate surface area is 104 Å². The van der Waals surface area contributed by atoms with Crippen LogP contribution in [0.15, 0.2) is 12.1 Å². The van der Waals surface area contributed by atoms with Gasteiger partial charge in [0.1, 0.15) is 5.67 Å². The van der Waals surface area contributed by atoms with Crippen LogP contribution in [-0.2, 0) is 16.9 Å². The number of aryl methyl sites for hydroxylation is 1. The van der Waals surface area contributed by atoms with Crippen LogP contribution in [0.5, 0.6) is 11.5 Å². The number of aliphatic carboxylic acids is 1. The molecule has 2 rings (SSSR count). The minimum atomic E-state index is -1.55. The molecule has 1 aliphatic rings. The van der Waals surface area contributed by atoms with Gasteiger partial charge in [-0.3, -0.25) is 4.79 Å². The molecule has 0 aromatic heterocycles. The monoisotopic (exact) mass is 254 g/mol. The minimum absolute atomic E-state index is 0.0390. The van der Waals surface area contributed by atoms with Crippen LogP contribution in [0, 0.1) is 0 Å². The van der Waals surface area contributed by atoms with Gasteiger partial charge >= 0.3 is 5.97 Å². The molecule has 18 heavy (non-hydrogen) atoms. The highest BCUT2D eigenvalue weighted by molar-refractivity contribution is 5.67. The van der Waals surface area contributed by atoms with E-state index in [1.54, 1.807) is 12.1 Å². The summed E-state index contributed by atoms with van der Waals surface area (Å²) in [6.45, 7) is 2.99. The summed E-state index contributed by atoms with van der Waals surface area (Å²) in [5.41, 5.74) is -0.448. The zero-order chi connectivity index (χ0) is 13.3. The standard InChI is InChI=1S/C13H15FO4/c1-13(2,14)9-6-11-10(17-7-18-11)5-8(9)3-4-12(15)16/h5-6H,3-4,7H2,1-2H3,(H,15,16). The fourth-order valence-corrected chi connectivity index (χ4v) is 1.99. The Morgan fingerprint density at radius 1 is 1.39 bits per heavy atom.